The number of nitrogens with one attached hydrogen (secondary N) is 1. The van der Waals surface area contributed by atoms with Gasteiger partial charge in [0, 0.05) is 6.07 Å². The van der Waals surface area contributed by atoms with Crippen molar-refractivity contribution < 1.29 is 14.4 Å². The zero-order chi connectivity index (χ0) is 15.4. The normalized spacial score (nSPS) is 10.0. The Morgan fingerprint density at radius 2 is 2.10 bits per heavy atom. The minimum Gasteiger partial charge on any atom is -0.490 e. The predicted octanol–water partition coefficient (Wildman–Crippen LogP) is 1.05. The predicted molar refractivity (Wildman–Crippen MR) is 74.0 cm³/mol. The second kappa shape index (κ2) is 5.88. The molecule has 1 aromatic heterocycles. The third-order valence-electron chi connectivity index (χ3n) is 2.44. The van der Waals surface area contributed by atoms with Crippen LogP contribution in [-0.2, 0) is 0 Å². The molecule has 0 aliphatic rings. The van der Waals surface area contributed by atoms with Crippen LogP contribution in [0.25, 0.3) is 0 Å². The molecule has 0 amide bonds. The van der Waals surface area contributed by atoms with Gasteiger partial charge < -0.3 is 20.6 Å². The molecule has 0 atom stereocenters. The molecule has 0 saturated carbocycles. The maximum absolute atomic E-state index is 10.9. The zero-order valence-electron chi connectivity index (χ0n) is 10.9. The van der Waals surface area contributed by atoms with Gasteiger partial charge in [0.15, 0.2) is 5.75 Å². The van der Waals surface area contributed by atoms with Gasteiger partial charge in [0.05, 0.1) is 18.1 Å². The Bertz CT molecular complexity index is 678. The first kappa shape index (κ1) is 14.3. The standard InChI is InChI=1S/C11H12N6O4/c1-20-8-3-2-6(4-7(8)17(18)19)21-10-5-9(16-13)14-11(12)15-10/h2-5H,13H2,1H3,(H3,12,14,15,16). The summed E-state index contributed by atoms with van der Waals surface area (Å²) in [6, 6.07) is 5.53. The van der Waals surface area contributed by atoms with Crippen LogP contribution in [0.5, 0.6) is 17.4 Å². The summed E-state index contributed by atoms with van der Waals surface area (Å²) in [5.74, 6) is 5.84. The molecule has 1 aromatic carbocycles. The number of nitro benzene ring substituents is 1. The van der Waals surface area contributed by atoms with Crippen molar-refractivity contribution in [3.05, 3.63) is 34.4 Å². The number of hydrogen-bond donors (Lipinski definition) is 3. The lowest BCUT2D eigenvalue weighted by Crippen LogP contribution is -2.10. The van der Waals surface area contributed by atoms with Crippen LogP contribution in [0.4, 0.5) is 17.5 Å². The first-order valence-corrected chi connectivity index (χ1v) is 5.65. The molecule has 21 heavy (non-hydrogen) atoms. The number of rotatable bonds is 5. The molecule has 5 N–H and O–H groups in total. The van der Waals surface area contributed by atoms with Crippen molar-refractivity contribution >= 4 is 17.5 Å². The average molecular weight is 292 g/mol. The number of nitrogens with two attached hydrogens (primary N) is 2. The van der Waals surface area contributed by atoms with Gasteiger partial charge >= 0.3 is 5.69 Å². The van der Waals surface area contributed by atoms with Gasteiger partial charge in [-0.3, -0.25) is 10.1 Å². The Morgan fingerprint density at radius 1 is 1.33 bits per heavy atom. The molecule has 0 fully saturated rings. The quantitative estimate of drug-likeness (QED) is 0.417. The third-order valence-corrected chi connectivity index (χ3v) is 2.44. The number of methoxy groups -OCH3 is 1. The number of nitrogen functional groups attached to an aromatic ring is 2. The van der Waals surface area contributed by atoms with Gasteiger partial charge in [0.2, 0.25) is 11.8 Å². The van der Waals surface area contributed by atoms with E-state index in [9.17, 15) is 10.1 Å². The van der Waals surface area contributed by atoms with E-state index in [2.05, 4.69) is 15.4 Å². The number of anilines is 2. The van der Waals surface area contributed by atoms with Gasteiger partial charge in [-0.05, 0) is 12.1 Å². The summed E-state index contributed by atoms with van der Waals surface area (Å²) in [4.78, 5) is 18.0. The Labute approximate surface area is 118 Å². The molecular formula is C11H12N6O4. The van der Waals surface area contributed by atoms with Crippen molar-refractivity contribution in [2.75, 3.05) is 18.3 Å². The molecule has 0 aliphatic heterocycles. The summed E-state index contributed by atoms with van der Waals surface area (Å²) < 4.78 is 10.3. The van der Waals surface area contributed by atoms with E-state index in [1.807, 2.05) is 0 Å². The summed E-state index contributed by atoms with van der Waals surface area (Å²) in [6.45, 7) is 0. The Balaban J connectivity index is 2.33. The van der Waals surface area contributed by atoms with Crippen molar-refractivity contribution in [3.63, 3.8) is 0 Å². The number of benzene rings is 1. The highest BCUT2D eigenvalue weighted by Crippen LogP contribution is 2.32. The molecule has 2 rings (SSSR count). The average Bonchev–Trinajstić information content (AvgIpc) is 2.46. The highest BCUT2D eigenvalue weighted by atomic mass is 16.6. The molecule has 1 heterocycles. The molecule has 0 saturated heterocycles. The highest BCUT2D eigenvalue weighted by Gasteiger charge is 2.16. The van der Waals surface area contributed by atoms with Crippen LogP contribution in [0.3, 0.4) is 0 Å². The molecule has 10 heteroatoms. The summed E-state index contributed by atoms with van der Waals surface area (Å²) in [5, 5.41) is 10.9. The van der Waals surface area contributed by atoms with Crippen LogP contribution < -0.4 is 26.5 Å². The number of ether oxygens (including phenoxy) is 2. The van der Waals surface area contributed by atoms with Gasteiger partial charge in [-0.1, -0.05) is 0 Å². The topological polar surface area (TPSA) is 151 Å². The van der Waals surface area contributed by atoms with Crippen LogP contribution in [-0.4, -0.2) is 22.0 Å². The van der Waals surface area contributed by atoms with Gasteiger partial charge in [-0.25, -0.2) is 5.84 Å². The molecular weight excluding hydrogens is 280 g/mol. The van der Waals surface area contributed by atoms with Crippen molar-refractivity contribution in [1.82, 2.24) is 9.97 Å². The largest absolute Gasteiger partial charge is 0.490 e. The van der Waals surface area contributed by atoms with Gasteiger partial charge in [-0.2, -0.15) is 9.97 Å². The number of aromatic nitrogens is 2. The van der Waals surface area contributed by atoms with Crippen molar-refractivity contribution in [2.24, 2.45) is 5.84 Å². The fraction of sp³-hybridized carbons (Fsp3) is 0.0909. The number of hydrogen-bond acceptors (Lipinski definition) is 9. The van der Waals surface area contributed by atoms with E-state index in [0.717, 1.165) is 0 Å². The number of nitrogens with zero attached hydrogens (tertiary/aromatic N) is 3. The minimum absolute atomic E-state index is 0.0524. The summed E-state index contributed by atoms with van der Waals surface area (Å²) in [5.41, 5.74) is 7.56. The van der Waals surface area contributed by atoms with E-state index < -0.39 is 4.92 Å². The molecule has 10 nitrogen and oxygen atoms in total. The first-order valence-electron chi connectivity index (χ1n) is 5.65. The molecule has 0 spiro atoms. The second-order valence-corrected chi connectivity index (χ2v) is 3.79. The molecule has 2 aromatic rings. The molecule has 0 aliphatic carbocycles. The van der Waals surface area contributed by atoms with E-state index in [1.54, 1.807) is 0 Å². The Hall–Kier alpha value is -3.14. The monoisotopic (exact) mass is 292 g/mol. The maximum Gasteiger partial charge on any atom is 0.314 e. The van der Waals surface area contributed by atoms with Crippen molar-refractivity contribution in [1.29, 1.82) is 0 Å². The van der Waals surface area contributed by atoms with E-state index >= 15 is 0 Å². The van der Waals surface area contributed by atoms with Crippen LogP contribution >= 0.6 is 0 Å². The molecule has 0 unspecified atom stereocenters. The summed E-state index contributed by atoms with van der Waals surface area (Å²) >= 11 is 0. The maximum atomic E-state index is 10.9. The SMILES string of the molecule is COc1ccc(Oc2cc(NN)nc(N)n2)cc1[N+](=O)[O-]. The summed E-state index contributed by atoms with van der Waals surface area (Å²) in [6.07, 6.45) is 0. The van der Waals surface area contributed by atoms with E-state index in [1.165, 1.54) is 31.4 Å². The lowest BCUT2D eigenvalue weighted by Gasteiger charge is -2.08. The van der Waals surface area contributed by atoms with Gasteiger partial charge in [0.25, 0.3) is 0 Å². The molecule has 0 radical (unpaired) electrons. The van der Waals surface area contributed by atoms with Crippen LogP contribution in [0.2, 0.25) is 0 Å². The van der Waals surface area contributed by atoms with Crippen molar-refractivity contribution in [3.8, 4) is 17.4 Å². The van der Waals surface area contributed by atoms with Crippen LogP contribution in [0.15, 0.2) is 24.3 Å². The molecule has 0 bridgehead atoms. The van der Waals surface area contributed by atoms with Gasteiger partial charge in [-0.15, -0.1) is 0 Å². The highest BCUT2D eigenvalue weighted by molar-refractivity contribution is 5.52. The van der Waals surface area contributed by atoms with E-state index in [0.29, 0.717) is 0 Å². The van der Waals surface area contributed by atoms with E-state index in [4.69, 9.17) is 21.1 Å². The second-order valence-electron chi connectivity index (χ2n) is 3.79. The van der Waals surface area contributed by atoms with Gasteiger partial charge in [0.1, 0.15) is 11.6 Å². The zero-order valence-corrected chi connectivity index (χ0v) is 10.9. The Kier molecular flexibility index (Phi) is 4.00. The van der Waals surface area contributed by atoms with Crippen LogP contribution in [0, 0.1) is 10.1 Å². The fourth-order valence-electron chi connectivity index (χ4n) is 1.57. The summed E-state index contributed by atoms with van der Waals surface area (Å²) in [7, 11) is 1.34. The smallest absolute Gasteiger partial charge is 0.314 e. The van der Waals surface area contributed by atoms with Crippen LogP contribution in [0.1, 0.15) is 0 Å². The third kappa shape index (κ3) is 3.25. The Morgan fingerprint density at radius 3 is 2.71 bits per heavy atom. The number of hydrazine groups is 1. The van der Waals surface area contributed by atoms with E-state index in [-0.39, 0.29) is 34.8 Å². The number of nitro groups is 1. The van der Waals surface area contributed by atoms with Crippen molar-refractivity contribution in [2.45, 2.75) is 0 Å². The lowest BCUT2D eigenvalue weighted by molar-refractivity contribution is -0.385. The lowest BCUT2D eigenvalue weighted by atomic mass is 10.3. The molecule has 110 valence electrons. The first-order chi connectivity index (χ1) is 10.0. The fourth-order valence-corrected chi connectivity index (χ4v) is 1.57. The minimum atomic E-state index is -0.576.